The molecule has 0 amide bonds. The fourth-order valence-electron chi connectivity index (χ4n) is 2.07. The molecule has 118 valence electrons. The molecule has 0 spiro atoms. The number of aryl methyl sites for hydroxylation is 1. The normalized spacial score (nSPS) is 20.4. The first kappa shape index (κ1) is 18.1. The van der Waals surface area contributed by atoms with Gasteiger partial charge in [-0.25, -0.2) is 0 Å². The molecule has 5 heteroatoms. The van der Waals surface area contributed by atoms with Crippen molar-refractivity contribution in [3.05, 3.63) is 29.8 Å². The standard InChI is InChI=1S/C16H25N3O.HI/c1-12-7-4-5-8-15(12)20-10-6-9-18-16(17-3)19-14-11-13(14)2;/h4-5,7-8,13-14H,6,9-11H2,1-3H3,(H2,17,18,19);1H. The van der Waals surface area contributed by atoms with Crippen molar-refractivity contribution in [2.75, 3.05) is 20.2 Å². The van der Waals surface area contributed by atoms with Gasteiger partial charge in [0.15, 0.2) is 5.96 Å². The summed E-state index contributed by atoms with van der Waals surface area (Å²) in [5.74, 6) is 2.65. The Hall–Kier alpha value is -0.980. The van der Waals surface area contributed by atoms with Crippen molar-refractivity contribution in [1.29, 1.82) is 0 Å². The highest BCUT2D eigenvalue weighted by Gasteiger charge is 2.33. The average Bonchev–Trinajstić information content (AvgIpc) is 3.14. The number of nitrogens with zero attached hydrogens (tertiary/aromatic N) is 1. The summed E-state index contributed by atoms with van der Waals surface area (Å²) in [6.45, 7) is 5.90. The molecule has 1 aromatic carbocycles. The van der Waals surface area contributed by atoms with Gasteiger partial charge in [-0.2, -0.15) is 0 Å². The minimum atomic E-state index is 0. The van der Waals surface area contributed by atoms with Crippen LogP contribution >= 0.6 is 24.0 Å². The molecule has 1 aliphatic rings. The van der Waals surface area contributed by atoms with E-state index in [0.29, 0.717) is 12.6 Å². The smallest absolute Gasteiger partial charge is 0.191 e. The number of benzene rings is 1. The van der Waals surface area contributed by atoms with Crippen molar-refractivity contribution in [3.63, 3.8) is 0 Å². The highest BCUT2D eigenvalue weighted by atomic mass is 127. The summed E-state index contributed by atoms with van der Waals surface area (Å²) in [7, 11) is 1.81. The van der Waals surface area contributed by atoms with Crippen LogP contribution in [0.3, 0.4) is 0 Å². The zero-order chi connectivity index (χ0) is 14.4. The fourth-order valence-corrected chi connectivity index (χ4v) is 2.07. The van der Waals surface area contributed by atoms with E-state index in [2.05, 4.69) is 35.5 Å². The highest BCUT2D eigenvalue weighted by molar-refractivity contribution is 14.0. The number of nitrogens with one attached hydrogen (secondary N) is 2. The number of halogens is 1. The Kier molecular flexibility index (Phi) is 7.85. The zero-order valence-corrected chi connectivity index (χ0v) is 15.4. The Labute approximate surface area is 144 Å². The number of hydrogen-bond acceptors (Lipinski definition) is 2. The summed E-state index contributed by atoms with van der Waals surface area (Å²) in [6, 6.07) is 8.71. The van der Waals surface area contributed by atoms with Crippen LogP contribution < -0.4 is 15.4 Å². The number of rotatable bonds is 6. The van der Waals surface area contributed by atoms with Gasteiger partial charge in [-0.05, 0) is 37.3 Å². The van der Waals surface area contributed by atoms with E-state index >= 15 is 0 Å². The number of ether oxygens (including phenoxy) is 1. The van der Waals surface area contributed by atoms with E-state index in [0.717, 1.165) is 30.6 Å². The number of hydrogen-bond donors (Lipinski definition) is 2. The van der Waals surface area contributed by atoms with Crippen molar-refractivity contribution < 1.29 is 4.74 Å². The van der Waals surface area contributed by atoms with Crippen LogP contribution in [0.15, 0.2) is 29.3 Å². The van der Waals surface area contributed by atoms with Crippen LogP contribution in [-0.4, -0.2) is 32.2 Å². The van der Waals surface area contributed by atoms with Crippen molar-refractivity contribution >= 4 is 29.9 Å². The van der Waals surface area contributed by atoms with Crippen LogP contribution in [0.25, 0.3) is 0 Å². The van der Waals surface area contributed by atoms with Crippen LogP contribution in [-0.2, 0) is 0 Å². The molecule has 0 bridgehead atoms. The molecule has 1 saturated carbocycles. The van der Waals surface area contributed by atoms with E-state index in [-0.39, 0.29) is 24.0 Å². The van der Waals surface area contributed by atoms with Gasteiger partial charge in [0.25, 0.3) is 0 Å². The van der Waals surface area contributed by atoms with Gasteiger partial charge in [0.1, 0.15) is 5.75 Å². The summed E-state index contributed by atoms with van der Waals surface area (Å²) in [4.78, 5) is 4.23. The summed E-state index contributed by atoms with van der Waals surface area (Å²) < 4.78 is 5.76. The average molecular weight is 403 g/mol. The molecule has 0 aliphatic heterocycles. The third-order valence-electron chi connectivity index (χ3n) is 3.62. The molecule has 0 aromatic heterocycles. The quantitative estimate of drug-likeness (QED) is 0.332. The van der Waals surface area contributed by atoms with Gasteiger partial charge in [0, 0.05) is 19.6 Å². The molecular formula is C16H26IN3O. The molecule has 2 N–H and O–H groups in total. The molecule has 0 saturated heterocycles. The fraction of sp³-hybridized carbons (Fsp3) is 0.562. The monoisotopic (exact) mass is 403 g/mol. The molecule has 1 aromatic rings. The molecule has 1 aliphatic carbocycles. The lowest BCUT2D eigenvalue weighted by molar-refractivity contribution is 0.309. The second kappa shape index (κ2) is 9.12. The first-order valence-electron chi connectivity index (χ1n) is 7.36. The van der Waals surface area contributed by atoms with Crippen LogP contribution in [0.1, 0.15) is 25.3 Å². The molecule has 1 fully saturated rings. The predicted octanol–water partition coefficient (Wildman–Crippen LogP) is 2.96. The second-order valence-corrected chi connectivity index (χ2v) is 5.43. The SMILES string of the molecule is CN=C(NCCCOc1ccccc1C)NC1CC1C.I. The van der Waals surface area contributed by atoms with Crippen LogP contribution in [0.5, 0.6) is 5.75 Å². The topological polar surface area (TPSA) is 45.7 Å². The lowest BCUT2D eigenvalue weighted by Gasteiger charge is -2.12. The van der Waals surface area contributed by atoms with E-state index in [1.807, 2.05) is 25.2 Å². The summed E-state index contributed by atoms with van der Waals surface area (Å²) in [6.07, 6.45) is 2.20. The van der Waals surface area contributed by atoms with E-state index in [1.165, 1.54) is 12.0 Å². The Morgan fingerprint density at radius 1 is 1.38 bits per heavy atom. The number of para-hydroxylation sites is 1. The summed E-state index contributed by atoms with van der Waals surface area (Å²) in [5.41, 5.74) is 1.18. The molecule has 2 atom stereocenters. The van der Waals surface area contributed by atoms with E-state index in [4.69, 9.17) is 4.74 Å². The maximum Gasteiger partial charge on any atom is 0.191 e. The zero-order valence-electron chi connectivity index (χ0n) is 13.1. The molecule has 0 radical (unpaired) electrons. The lowest BCUT2D eigenvalue weighted by atomic mass is 10.2. The number of aliphatic imine (C=N–C) groups is 1. The molecule has 2 rings (SSSR count). The van der Waals surface area contributed by atoms with Gasteiger partial charge in [0.2, 0.25) is 0 Å². The second-order valence-electron chi connectivity index (χ2n) is 5.43. The van der Waals surface area contributed by atoms with Crippen LogP contribution in [0.4, 0.5) is 0 Å². The van der Waals surface area contributed by atoms with Gasteiger partial charge < -0.3 is 15.4 Å². The minimum absolute atomic E-state index is 0. The maximum atomic E-state index is 5.76. The van der Waals surface area contributed by atoms with Gasteiger partial charge >= 0.3 is 0 Å². The predicted molar refractivity (Wildman–Crippen MR) is 98.8 cm³/mol. The van der Waals surface area contributed by atoms with Gasteiger partial charge in [0.05, 0.1) is 6.61 Å². The van der Waals surface area contributed by atoms with Gasteiger partial charge in [-0.1, -0.05) is 25.1 Å². The summed E-state index contributed by atoms with van der Waals surface area (Å²) in [5, 5.41) is 6.73. The first-order valence-corrected chi connectivity index (χ1v) is 7.36. The molecular weight excluding hydrogens is 377 g/mol. The molecule has 21 heavy (non-hydrogen) atoms. The first-order chi connectivity index (χ1) is 9.70. The van der Waals surface area contributed by atoms with Gasteiger partial charge in [-0.3, -0.25) is 4.99 Å². The Morgan fingerprint density at radius 2 is 2.10 bits per heavy atom. The minimum Gasteiger partial charge on any atom is -0.493 e. The van der Waals surface area contributed by atoms with E-state index in [1.54, 1.807) is 0 Å². The third-order valence-corrected chi connectivity index (χ3v) is 3.62. The Morgan fingerprint density at radius 3 is 2.71 bits per heavy atom. The largest absolute Gasteiger partial charge is 0.493 e. The van der Waals surface area contributed by atoms with Crippen LogP contribution in [0, 0.1) is 12.8 Å². The highest BCUT2D eigenvalue weighted by Crippen LogP contribution is 2.28. The lowest BCUT2D eigenvalue weighted by Crippen LogP contribution is -2.39. The summed E-state index contributed by atoms with van der Waals surface area (Å²) >= 11 is 0. The Balaban J connectivity index is 0.00000220. The van der Waals surface area contributed by atoms with E-state index in [9.17, 15) is 0 Å². The van der Waals surface area contributed by atoms with Crippen molar-refractivity contribution in [2.24, 2.45) is 10.9 Å². The molecule has 2 unspecified atom stereocenters. The van der Waals surface area contributed by atoms with Crippen molar-refractivity contribution in [3.8, 4) is 5.75 Å². The Bertz CT molecular complexity index is 465. The maximum absolute atomic E-state index is 5.76. The molecule has 4 nitrogen and oxygen atoms in total. The van der Waals surface area contributed by atoms with Crippen molar-refractivity contribution in [1.82, 2.24) is 10.6 Å². The number of guanidine groups is 1. The van der Waals surface area contributed by atoms with Crippen molar-refractivity contribution in [2.45, 2.75) is 32.7 Å². The van der Waals surface area contributed by atoms with Crippen LogP contribution in [0.2, 0.25) is 0 Å². The van der Waals surface area contributed by atoms with Gasteiger partial charge in [-0.15, -0.1) is 24.0 Å². The third kappa shape index (κ3) is 6.11. The van der Waals surface area contributed by atoms with E-state index < -0.39 is 0 Å². The molecule has 0 heterocycles.